The average molecular weight is 279 g/mol. The second-order valence-corrected chi connectivity index (χ2v) is 6.04. The number of likely N-dealkylation sites (N-methyl/N-ethyl adjacent to an activating group) is 1. The van der Waals surface area contributed by atoms with Crippen LogP contribution in [0.25, 0.3) is 0 Å². The monoisotopic (exact) mass is 279 g/mol. The summed E-state index contributed by atoms with van der Waals surface area (Å²) in [6, 6.07) is 2.56. The zero-order valence-corrected chi connectivity index (χ0v) is 13.4. The van der Waals surface area contributed by atoms with E-state index in [1.165, 1.54) is 25.0 Å². The van der Waals surface area contributed by atoms with Crippen molar-refractivity contribution in [3.8, 4) is 0 Å². The fourth-order valence-corrected chi connectivity index (χ4v) is 3.60. The number of hydrogen-bond acceptors (Lipinski definition) is 3. The van der Waals surface area contributed by atoms with E-state index in [0.717, 1.165) is 31.5 Å². The maximum atomic E-state index is 6.02. The molecule has 4 heteroatoms. The van der Waals surface area contributed by atoms with Gasteiger partial charge in [0.25, 0.3) is 0 Å². The van der Waals surface area contributed by atoms with Gasteiger partial charge in [0.05, 0.1) is 11.3 Å². The molecule has 0 saturated heterocycles. The molecule has 1 aromatic rings. The SMILES string of the molecule is CCNC(Cc1cc(C)nn1C)C1(OC)CCCCC1. The molecule has 20 heavy (non-hydrogen) atoms. The summed E-state index contributed by atoms with van der Waals surface area (Å²) in [6.45, 7) is 5.21. The number of ether oxygens (including phenoxy) is 1. The minimum atomic E-state index is -0.00751. The van der Waals surface area contributed by atoms with Crippen LogP contribution < -0.4 is 5.32 Å². The largest absolute Gasteiger partial charge is 0.377 e. The maximum Gasteiger partial charge on any atom is 0.0834 e. The molecule has 4 nitrogen and oxygen atoms in total. The number of aromatic nitrogens is 2. The van der Waals surface area contributed by atoms with E-state index >= 15 is 0 Å². The maximum absolute atomic E-state index is 6.02. The van der Waals surface area contributed by atoms with E-state index in [1.54, 1.807) is 0 Å². The van der Waals surface area contributed by atoms with Gasteiger partial charge in [-0.25, -0.2) is 0 Å². The van der Waals surface area contributed by atoms with Crippen LogP contribution in [0.4, 0.5) is 0 Å². The number of rotatable bonds is 6. The number of aryl methyl sites for hydroxylation is 2. The van der Waals surface area contributed by atoms with Gasteiger partial charge in [0, 0.05) is 32.3 Å². The van der Waals surface area contributed by atoms with Gasteiger partial charge in [-0.05, 0) is 32.4 Å². The molecule has 0 aromatic carbocycles. The first-order valence-electron chi connectivity index (χ1n) is 7.89. The molecule has 1 heterocycles. The zero-order valence-electron chi connectivity index (χ0n) is 13.4. The lowest BCUT2D eigenvalue weighted by atomic mass is 9.77. The molecule has 1 saturated carbocycles. The summed E-state index contributed by atoms with van der Waals surface area (Å²) in [5.74, 6) is 0. The van der Waals surface area contributed by atoms with Gasteiger partial charge in [-0.3, -0.25) is 4.68 Å². The van der Waals surface area contributed by atoms with E-state index in [4.69, 9.17) is 4.74 Å². The van der Waals surface area contributed by atoms with Crippen molar-refractivity contribution in [2.45, 2.75) is 64.0 Å². The highest BCUT2D eigenvalue weighted by atomic mass is 16.5. The standard InChI is InChI=1S/C16H29N3O/c1-5-17-15(12-14-11-13(2)18-19(14)3)16(20-4)9-7-6-8-10-16/h11,15,17H,5-10,12H2,1-4H3. The Hall–Kier alpha value is -0.870. The highest BCUT2D eigenvalue weighted by molar-refractivity contribution is 5.12. The molecule has 2 rings (SSSR count). The molecule has 1 aliphatic carbocycles. The molecule has 1 atom stereocenters. The number of nitrogens with zero attached hydrogens (tertiary/aromatic N) is 2. The van der Waals surface area contributed by atoms with Crippen molar-refractivity contribution >= 4 is 0 Å². The summed E-state index contributed by atoms with van der Waals surface area (Å²) in [6.07, 6.45) is 7.21. The van der Waals surface area contributed by atoms with Crippen molar-refractivity contribution < 1.29 is 4.74 Å². The third-order valence-corrected chi connectivity index (χ3v) is 4.70. The topological polar surface area (TPSA) is 39.1 Å². The second kappa shape index (κ2) is 6.72. The van der Waals surface area contributed by atoms with Gasteiger partial charge in [-0.2, -0.15) is 5.10 Å². The third kappa shape index (κ3) is 3.23. The molecule has 0 bridgehead atoms. The number of hydrogen-bond donors (Lipinski definition) is 1. The molecule has 0 aliphatic heterocycles. The van der Waals surface area contributed by atoms with E-state index in [0.29, 0.717) is 6.04 Å². The summed E-state index contributed by atoms with van der Waals surface area (Å²) >= 11 is 0. The van der Waals surface area contributed by atoms with Gasteiger partial charge in [-0.1, -0.05) is 26.2 Å². The summed E-state index contributed by atoms with van der Waals surface area (Å²) in [4.78, 5) is 0. The van der Waals surface area contributed by atoms with Crippen molar-refractivity contribution in [3.05, 3.63) is 17.5 Å². The fraction of sp³-hybridized carbons (Fsp3) is 0.812. The normalized spacial score (nSPS) is 20.0. The van der Waals surface area contributed by atoms with Crippen molar-refractivity contribution in [2.24, 2.45) is 7.05 Å². The molecule has 0 amide bonds. The first-order chi connectivity index (χ1) is 9.61. The molecular weight excluding hydrogens is 250 g/mol. The molecule has 1 N–H and O–H groups in total. The highest BCUT2D eigenvalue weighted by Crippen LogP contribution is 2.35. The lowest BCUT2D eigenvalue weighted by Crippen LogP contribution is -2.54. The van der Waals surface area contributed by atoms with Gasteiger partial charge >= 0.3 is 0 Å². The Labute approximate surface area is 122 Å². The van der Waals surface area contributed by atoms with Crippen LogP contribution in [0.1, 0.15) is 50.4 Å². The van der Waals surface area contributed by atoms with E-state index in [1.807, 2.05) is 18.8 Å². The number of methoxy groups -OCH3 is 1. The highest BCUT2D eigenvalue weighted by Gasteiger charge is 2.39. The zero-order chi connectivity index (χ0) is 14.6. The predicted molar refractivity (Wildman–Crippen MR) is 81.9 cm³/mol. The molecule has 1 fully saturated rings. The van der Waals surface area contributed by atoms with Crippen LogP contribution in [0.15, 0.2) is 6.07 Å². The first kappa shape index (κ1) is 15.5. The van der Waals surface area contributed by atoms with Gasteiger partial charge in [0.2, 0.25) is 0 Å². The van der Waals surface area contributed by atoms with Gasteiger partial charge in [0.15, 0.2) is 0 Å². The molecule has 0 radical (unpaired) electrons. The van der Waals surface area contributed by atoms with Crippen LogP contribution in [0.5, 0.6) is 0 Å². The van der Waals surface area contributed by atoms with Crippen molar-refractivity contribution in [2.75, 3.05) is 13.7 Å². The summed E-state index contributed by atoms with van der Waals surface area (Å²) in [5.41, 5.74) is 2.37. The average Bonchev–Trinajstić information content (AvgIpc) is 2.77. The Morgan fingerprint density at radius 1 is 1.40 bits per heavy atom. The minimum absolute atomic E-state index is 0.00751. The Morgan fingerprint density at radius 3 is 2.60 bits per heavy atom. The smallest absolute Gasteiger partial charge is 0.0834 e. The predicted octanol–water partition coefficient (Wildman–Crippen LogP) is 2.60. The Kier molecular flexibility index (Phi) is 5.22. The molecule has 1 unspecified atom stereocenters. The van der Waals surface area contributed by atoms with Crippen LogP contribution in [-0.2, 0) is 18.2 Å². The molecule has 1 aliphatic rings. The van der Waals surface area contributed by atoms with Crippen LogP contribution >= 0.6 is 0 Å². The Bertz CT molecular complexity index is 421. The number of nitrogens with one attached hydrogen (secondary N) is 1. The van der Waals surface area contributed by atoms with E-state index in [-0.39, 0.29) is 5.60 Å². The molecule has 114 valence electrons. The Balaban J connectivity index is 2.18. The summed E-state index contributed by atoms with van der Waals surface area (Å²) < 4.78 is 8.03. The van der Waals surface area contributed by atoms with Crippen molar-refractivity contribution in [1.29, 1.82) is 0 Å². The summed E-state index contributed by atoms with van der Waals surface area (Å²) in [7, 11) is 3.91. The second-order valence-electron chi connectivity index (χ2n) is 6.04. The van der Waals surface area contributed by atoms with E-state index in [9.17, 15) is 0 Å². The molecular formula is C16H29N3O. The van der Waals surface area contributed by atoms with E-state index < -0.39 is 0 Å². The van der Waals surface area contributed by atoms with Gasteiger partial charge in [0.1, 0.15) is 0 Å². The van der Waals surface area contributed by atoms with Crippen LogP contribution in [0, 0.1) is 6.92 Å². The van der Waals surface area contributed by atoms with Crippen LogP contribution in [0.3, 0.4) is 0 Å². The van der Waals surface area contributed by atoms with Crippen LogP contribution in [0.2, 0.25) is 0 Å². The van der Waals surface area contributed by atoms with Gasteiger partial charge < -0.3 is 10.1 Å². The summed E-state index contributed by atoms with van der Waals surface area (Å²) in [5, 5.41) is 8.13. The van der Waals surface area contributed by atoms with Gasteiger partial charge in [-0.15, -0.1) is 0 Å². The molecule has 1 aromatic heterocycles. The minimum Gasteiger partial charge on any atom is -0.377 e. The van der Waals surface area contributed by atoms with Crippen molar-refractivity contribution in [1.82, 2.24) is 15.1 Å². The lowest BCUT2D eigenvalue weighted by molar-refractivity contribution is -0.0673. The quantitative estimate of drug-likeness (QED) is 0.870. The lowest BCUT2D eigenvalue weighted by Gasteiger charge is -2.43. The van der Waals surface area contributed by atoms with E-state index in [2.05, 4.69) is 30.3 Å². The molecule has 0 spiro atoms. The third-order valence-electron chi connectivity index (χ3n) is 4.70. The fourth-order valence-electron chi connectivity index (χ4n) is 3.60. The first-order valence-corrected chi connectivity index (χ1v) is 7.89. The Morgan fingerprint density at radius 2 is 2.10 bits per heavy atom. The van der Waals surface area contributed by atoms with Crippen LogP contribution in [-0.4, -0.2) is 35.1 Å². The van der Waals surface area contributed by atoms with Crippen molar-refractivity contribution in [3.63, 3.8) is 0 Å².